The van der Waals surface area contributed by atoms with Crippen molar-refractivity contribution in [2.45, 2.75) is 52.6 Å². The smallest absolute Gasteiger partial charge is 0.376 e. The highest BCUT2D eigenvalue weighted by molar-refractivity contribution is 6.10. The van der Waals surface area contributed by atoms with Crippen molar-refractivity contribution >= 4 is 38.9 Å². The zero-order chi connectivity index (χ0) is 20.5. The monoisotopic (exact) mass is 397 g/mol. The summed E-state index contributed by atoms with van der Waals surface area (Å²) in [6.07, 6.45) is 6.91. The van der Waals surface area contributed by atoms with Gasteiger partial charge in [-0.15, -0.1) is 0 Å². The van der Waals surface area contributed by atoms with Gasteiger partial charge in [-0.05, 0) is 23.9 Å². The maximum absolute atomic E-state index is 6.37. The molecule has 30 heavy (non-hydrogen) atoms. The number of benzene rings is 3. The third kappa shape index (κ3) is 3.09. The molecule has 0 radical (unpaired) electrons. The SMILES string of the molecule is CCCCn1/c(=C/c2oc3ccccc3[n+]2CCCC)c2cccc3cccc1c32. The maximum atomic E-state index is 6.37. The topological polar surface area (TPSA) is 21.9 Å². The number of oxazole rings is 1. The van der Waals surface area contributed by atoms with Crippen LogP contribution in [0.25, 0.3) is 38.9 Å². The highest BCUT2D eigenvalue weighted by Crippen LogP contribution is 2.26. The molecule has 3 nitrogen and oxygen atoms in total. The van der Waals surface area contributed by atoms with Crippen LogP contribution in [0.1, 0.15) is 45.4 Å². The summed E-state index contributed by atoms with van der Waals surface area (Å²) in [5.74, 6) is 0.936. The molecule has 0 amide bonds. The van der Waals surface area contributed by atoms with Crippen LogP contribution >= 0.6 is 0 Å². The molecule has 0 bridgehead atoms. The number of aryl methyl sites for hydroxylation is 2. The second-order valence-corrected chi connectivity index (χ2v) is 8.13. The summed E-state index contributed by atoms with van der Waals surface area (Å²) in [7, 11) is 0. The first-order chi connectivity index (χ1) is 14.8. The Morgan fingerprint density at radius 1 is 0.900 bits per heavy atom. The van der Waals surface area contributed by atoms with Gasteiger partial charge in [0.25, 0.3) is 5.52 Å². The van der Waals surface area contributed by atoms with Crippen LogP contribution in [-0.4, -0.2) is 4.57 Å². The fourth-order valence-corrected chi connectivity index (χ4v) is 4.57. The van der Waals surface area contributed by atoms with Crippen molar-refractivity contribution in [3.8, 4) is 0 Å². The number of nitrogens with zero attached hydrogens (tertiary/aromatic N) is 2. The van der Waals surface area contributed by atoms with E-state index in [1.165, 1.54) is 39.0 Å². The molecule has 2 heterocycles. The Morgan fingerprint density at radius 2 is 1.70 bits per heavy atom. The van der Waals surface area contributed by atoms with Crippen molar-refractivity contribution in [2.75, 3.05) is 0 Å². The van der Waals surface area contributed by atoms with Crippen LogP contribution < -0.4 is 9.92 Å². The Bertz CT molecular complexity index is 1370. The van der Waals surface area contributed by atoms with Gasteiger partial charge in [0, 0.05) is 35.3 Å². The van der Waals surface area contributed by atoms with Gasteiger partial charge in [-0.2, -0.15) is 4.57 Å². The molecule has 2 aromatic heterocycles. The Balaban J connectivity index is 1.82. The quantitative estimate of drug-likeness (QED) is 0.310. The fourth-order valence-electron chi connectivity index (χ4n) is 4.57. The summed E-state index contributed by atoms with van der Waals surface area (Å²) in [6.45, 7) is 6.48. The van der Waals surface area contributed by atoms with Crippen molar-refractivity contribution < 1.29 is 8.98 Å². The van der Waals surface area contributed by atoms with Gasteiger partial charge in [-0.25, -0.2) is 0 Å². The predicted molar refractivity (Wildman–Crippen MR) is 124 cm³/mol. The lowest BCUT2D eigenvalue weighted by Gasteiger charge is -2.05. The normalized spacial score (nSPS) is 12.7. The van der Waals surface area contributed by atoms with Crippen molar-refractivity contribution in [3.05, 3.63) is 71.9 Å². The minimum atomic E-state index is 0.936. The Labute approximate surface area is 177 Å². The lowest BCUT2D eigenvalue weighted by atomic mass is 10.1. The van der Waals surface area contributed by atoms with E-state index in [4.69, 9.17) is 4.42 Å². The van der Waals surface area contributed by atoms with Crippen molar-refractivity contribution in [3.63, 3.8) is 0 Å². The van der Waals surface area contributed by atoms with Gasteiger partial charge >= 0.3 is 5.89 Å². The Kier molecular flexibility index (Phi) is 5.04. The van der Waals surface area contributed by atoms with Gasteiger partial charge in [0.1, 0.15) is 0 Å². The summed E-state index contributed by atoms with van der Waals surface area (Å²) >= 11 is 0. The van der Waals surface area contributed by atoms with Crippen LogP contribution in [0.5, 0.6) is 0 Å². The largest absolute Gasteiger partial charge is 0.398 e. The number of para-hydroxylation sites is 2. The first-order valence-corrected chi connectivity index (χ1v) is 11.2. The predicted octanol–water partition coefficient (Wildman–Crippen LogP) is 5.98. The second-order valence-electron chi connectivity index (χ2n) is 8.13. The molecule has 5 rings (SSSR count). The number of unbranched alkanes of at least 4 members (excludes halogenated alkanes) is 2. The highest BCUT2D eigenvalue weighted by Gasteiger charge is 2.21. The van der Waals surface area contributed by atoms with E-state index in [-0.39, 0.29) is 0 Å². The first kappa shape index (κ1) is 18.9. The lowest BCUT2D eigenvalue weighted by Crippen LogP contribution is -2.36. The number of aromatic nitrogens is 2. The van der Waals surface area contributed by atoms with E-state index < -0.39 is 0 Å². The molecule has 3 aromatic carbocycles. The maximum Gasteiger partial charge on any atom is 0.376 e. The Hall–Kier alpha value is -3.07. The summed E-state index contributed by atoms with van der Waals surface area (Å²) < 4.78 is 11.2. The summed E-state index contributed by atoms with van der Waals surface area (Å²) in [5, 5.41) is 5.22. The third-order valence-corrected chi connectivity index (χ3v) is 6.11. The van der Waals surface area contributed by atoms with E-state index in [2.05, 4.69) is 83.7 Å². The van der Waals surface area contributed by atoms with Gasteiger partial charge in [0.15, 0.2) is 6.54 Å². The van der Waals surface area contributed by atoms with Gasteiger partial charge < -0.3 is 8.98 Å². The molecule has 0 spiro atoms. The average Bonchev–Trinajstić information content (AvgIpc) is 3.28. The third-order valence-electron chi connectivity index (χ3n) is 6.11. The fraction of sp³-hybridized carbons (Fsp3) is 0.296. The van der Waals surface area contributed by atoms with Crippen LogP contribution in [0.3, 0.4) is 0 Å². The number of hydrogen-bond acceptors (Lipinski definition) is 1. The summed E-state index contributed by atoms with van der Waals surface area (Å²) in [4.78, 5) is 0. The van der Waals surface area contributed by atoms with E-state index in [1.54, 1.807) is 0 Å². The van der Waals surface area contributed by atoms with Crippen molar-refractivity contribution in [1.29, 1.82) is 0 Å². The molecule has 0 aliphatic rings. The van der Waals surface area contributed by atoms with Crippen molar-refractivity contribution in [2.24, 2.45) is 0 Å². The molecule has 0 saturated heterocycles. The lowest BCUT2D eigenvalue weighted by molar-refractivity contribution is -0.678. The van der Waals surface area contributed by atoms with Crippen LogP contribution in [0.4, 0.5) is 0 Å². The minimum absolute atomic E-state index is 0.936. The molecule has 0 fully saturated rings. The van der Waals surface area contributed by atoms with Crippen LogP contribution in [0.15, 0.2) is 65.1 Å². The van der Waals surface area contributed by atoms with Gasteiger partial charge in [-0.1, -0.05) is 69.2 Å². The molecular formula is C27H29N2O+. The molecule has 0 atom stereocenters. The van der Waals surface area contributed by atoms with E-state index in [0.717, 1.165) is 43.8 Å². The number of hydrogen-bond donors (Lipinski definition) is 0. The van der Waals surface area contributed by atoms with E-state index >= 15 is 0 Å². The Morgan fingerprint density at radius 3 is 2.53 bits per heavy atom. The minimum Gasteiger partial charge on any atom is -0.398 e. The zero-order valence-corrected chi connectivity index (χ0v) is 17.9. The molecule has 0 aliphatic heterocycles. The molecule has 0 aliphatic carbocycles. The molecule has 0 N–H and O–H groups in total. The van der Waals surface area contributed by atoms with E-state index in [9.17, 15) is 0 Å². The number of rotatable bonds is 7. The zero-order valence-electron chi connectivity index (χ0n) is 17.9. The molecule has 3 heteroatoms. The van der Waals surface area contributed by atoms with E-state index in [0.29, 0.717) is 0 Å². The van der Waals surface area contributed by atoms with Crippen LogP contribution in [0.2, 0.25) is 0 Å². The standard InChI is InChI=1S/C27H29N2O/c1-3-5-17-28-23-15-10-12-20-11-9-13-21(27(20)23)24(28)19-26-29(18-6-4-2)22-14-7-8-16-25(22)30-26/h7-16,19H,3-6,17-18H2,1-2H3/q+1. The number of fused-ring (bicyclic) bond motifs is 1. The molecule has 0 saturated carbocycles. The van der Waals surface area contributed by atoms with E-state index in [1.807, 2.05) is 6.07 Å². The van der Waals surface area contributed by atoms with Crippen LogP contribution in [-0.2, 0) is 13.1 Å². The molecule has 152 valence electrons. The average molecular weight is 398 g/mol. The highest BCUT2D eigenvalue weighted by atomic mass is 16.3. The molecule has 5 aromatic rings. The molecule has 0 unspecified atom stereocenters. The summed E-state index contributed by atoms with van der Waals surface area (Å²) in [6, 6.07) is 21.7. The second kappa shape index (κ2) is 7.98. The van der Waals surface area contributed by atoms with Crippen LogP contribution in [0, 0.1) is 0 Å². The first-order valence-electron chi connectivity index (χ1n) is 11.2. The summed E-state index contributed by atoms with van der Waals surface area (Å²) in [5.41, 5.74) is 3.44. The van der Waals surface area contributed by atoms with Gasteiger partial charge in [-0.3, -0.25) is 0 Å². The van der Waals surface area contributed by atoms with Gasteiger partial charge in [0.2, 0.25) is 5.58 Å². The van der Waals surface area contributed by atoms with Gasteiger partial charge in [0.05, 0.1) is 11.4 Å². The van der Waals surface area contributed by atoms with Crippen molar-refractivity contribution in [1.82, 2.24) is 4.57 Å². The molecular weight excluding hydrogens is 368 g/mol.